The summed E-state index contributed by atoms with van der Waals surface area (Å²) in [5, 5.41) is 10.1. The maximum atomic E-state index is 12.4. The summed E-state index contributed by atoms with van der Waals surface area (Å²) in [6, 6.07) is 7.68. The van der Waals surface area contributed by atoms with Crippen LogP contribution < -0.4 is 0 Å². The Morgan fingerprint density at radius 2 is 2.26 bits per heavy atom. The molecule has 2 heterocycles. The largest absolute Gasteiger partial charge is 0.451 e. The van der Waals surface area contributed by atoms with Gasteiger partial charge in [-0.1, -0.05) is 18.2 Å². The van der Waals surface area contributed by atoms with Crippen molar-refractivity contribution < 1.29 is 14.3 Å². The summed E-state index contributed by atoms with van der Waals surface area (Å²) in [5.74, 6) is 0.568. The van der Waals surface area contributed by atoms with Crippen molar-refractivity contribution in [3.8, 4) is 0 Å². The molecule has 0 bridgehead atoms. The Kier molecular flexibility index (Phi) is 3.03. The summed E-state index contributed by atoms with van der Waals surface area (Å²) in [4.78, 5) is 14.2. The zero-order valence-electron chi connectivity index (χ0n) is 10.9. The molecule has 2 aromatic rings. The van der Waals surface area contributed by atoms with Crippen LogP contribution in [0.4, 0.5) is 0 Å². The monoisotopic (exact) mass is 259 g/mol. The predicted octanol–water partition coefficient (Wildman–Crippen LogP) is 2.20. The fourth-order valence-electron chi connectivity index (χ4n) is 2.69. The van der Waals surface area contributed by atoms with E-state index in [4.69, 9.17) is 9.52 Å². The molecular formula is C15H17NO3. The molecule has 4 heteroatoms. The van der Waals surface area contributed by atoms with Crippen molar-refractivity contribution in [2.45, 2.75) is 13.3 Å². The zero-order valence-corrected chi connectivity index (χ0v) is 10.9. The van der Waals surface area contributed by atoms with E-state index < -0.39 is 0 Å². The van der Waals surface area contributed by atoms with Gasteiger partial charge < -0.3 is 14.4 Å². The van der Waals surface area contributed by atoms with E-state index in [-0.39, 0.29) is 18.4 Å². The molecule has 0 saturated carbocycles. The lowest BCUT2D eigenvalue weighted by molar-refractivity contribution is 0.0751. The minimum atomic E-state index is -0.0651. The highest BCUT2D eigenvalue weighted by Gasteiger charge is 2.29. The summed E-state index contributed by atoms with van der Waals surface area (Å²) in [6.45, 7) is 3.37. The van der Waals surface area contributed by atoms with E-state index in [1.807, 2.05) is 31.2 Å². The van der Waals surface area contributed by atoms with E-state index in [2.05, 4.69) is 0 Å². The number of aryl methyl sites for hydroxylation is 1. The van der Waals surface area contributed by atoms with E-state index >= 15 is 0 Å². The van der Waals surface area contributed by atoms with Gasteiger partial charge in [0.2, 0.25) is 0 Å². The normalized spacial score (nSPS) is 19.3. The van der Waals surface area contributed by atoms with Crippen molar-refractivity contribution in [3.63, 3.8) is 0 Å². The van der Waals surface area contributed by atoms with Gasteiger partial charge in [0.25, 0.3) is 5.91 Å². The molecule has 1 fully saturated rings. The molecule has 1 aliphatic heterocycles. The first-order valence-corrected chi connectivity index (χ1v) is 6.59. The Morgan fingerprint density at radius 3 is 2.95 bits per heavy atom. The lowest BCUT2D eigenvalue weighted by atomic mass is 10.1. The van der Waals surface area contributed by atoms with Crippen LogP contribution in [0.25, 0.3) is 11.0 Å². The lowest BCUT2D eigenvalue weighted by Crippen LogP contribution is -2.29. The molecule has 1 aromatic heterocycles. The lowest BCUT2D eigenvalue weighted by Gasteiger charge is -2.14. The van der Waals surface area contributed by atoms with Gasteiger partial charge in [-0.05, 0) is 19.4 Å². The SMILES string of the molecule is Cc1c(C(=O)N2CCC(CO)C2)oc2ccccc12. The Labute approximate surface area is 111 Å². The molecule has 0 aliphatic carbocycles. The number of nitrogens with zero attached hydrogens (tertiary/aromatic N) is 1. The number of aliphatic hydroxyl groups excluding tert-OH is 1. The Bertz CT molecular complexity index is 617. The maximum Gasteiger partial charge on any atom is 0.289 e. The van der Waals surface area contributed by atoms with Crippen molar-refractivity contribution in [3.05, 3.63) is 35.6 Å². The average molecular weight is 259 g/mol. The third kappa shape index (κ3) is 2.02. The fraction of sp³-hybridized carbons (Fsp3) is 0.400. The zero-order chi connectivity index (χ0) is 13.4. The second-order valence-corrected chi connectivity index (χ2v) is 5.14. The van der Waals surface area contributed by atoms with Crippen LogP contribution in [-0.4, -0.2) is 35.6 Å². The number of aliphatic hydroxyl groups is 1. The fourth-order valence-corrected chi connectivity index (χ4v) is 2.69. The second-order valence-electron chi connectivity index (χ2n) is 5.14. The Hall–Kier alpha value is -1.81. The third-order valence-electron chi connectivity index (χ3n) is 3.87. The molecule has 3 rings (SSSR count). The topological polar surface area (TPSA) is 53.7 Å². The maximum absolute atomic E-state index is 12.4. The van der Waals surface area contributed by atoms with Gasteiger partial charge in [-0.2, -0.15) is 0 Å². The molecule has 0 spiro atoms. The van der Waals surface area contributed by atoms with E-state index in [0.29, 0.717) is 18.8 Å². The molecular weight excluding hydrogens is 242 g/mol. The Balaban J connectivity index is 1.92. The van der Waals surface area contributed by atoms with E-state index in [9.17, 15) is 4.79 Å². The van der Waals surface area contributed by atoms with E-state index in [0.717, 1.165) is 23.0 Å². The summed E-state index contributed by atoms with van der Waals surface area (Å²) in [5.41, 5.74) is 1.65. The number of amides is 1. The number of benzene rings is 1. The highest BCUT2D eigenvalue weighted by Crippen LogP contribution is 2.27. The molecule has 1 atom stereocenters. The number of carbonyl (C=O) groups is 1. The number of carbonyl (C=O) groups excluding carboxylic acids is 1. The first-order valence-electron chi connectivity index (χ1n) is 6.59. The highest BCUT2D eigenvalue weighted by molar-refractivity contribution is 5.99. The minimum absolute atomic E-state index is 0.0651. The summed E-state index contributed by atoms with van der Waals surface area (Å²) in [6.07, 6.45) is 0.863. The van der Waals surface area contributed by atoms with Gasteiger partial charge in [-0.15, -0.1) is 0 Å². The number of para-hydroxylation sites is 1. The summed E-state index contributed by atoms with van der Waals surface area (Å²) in [7, 11) is 0. The number of hydrogen-bond donors (Lipinski definition) is 1. The average Bonchev–Trinajstić information content (AvgIpc) is 3.04. The van der Waals surface area contributed by atoms with Crippen LogP contribution in [0, 0.1) is 12.8 Å². The van der Waals surface area contributed by atoms with Gasteiger partial charge in [0.1, 0.15) is 5.58 Å². The number of furan rings is 1. The Morgan fingerprint density at radius 1 is 1.47 bits per heavy atom. The molecule has 1 amide bonds. The van der Waals surface area contributed by atoms with Crippen molar-refractivity contribution in [1.82, 2.24) is 4.90 Å². The summed E-state index contributed by atoms with van der Waals surface area (Å²) >= 11 is 0. The van der Waals surface area contributed by atoms with Gasteiger partial charge in [-0.3, -0.25) is 4.79 Å². The van der Waals surface area contributed by atoms with E-state index in [1.54, 1.807) is 4.90 Å². The van der Waals surface area contributed by atoms with Crippen molar-refractivity contribution in [2.24, 2.45) is 5.92 Å². The second kappa shape index (κ2) is 4.70. The molecule has 100 valence electrons. The van der Waals surface area contributed by atoms with Crippen LogP contribution in [0.5, 0.6) is 0 Å². The van der Waals surface area contributed by atoms with Crippen LogP contribution in [0.15, 0.2) is 28.7 Å². The van der Waals surface area contributed by atoms with Crippen LogP contribution in [0.2, 0.25) is 0 Å². The third-order valence-corrected chi connectivity index (χ3v) is 3.87. The van der Waals surface area contributed by atoms with Gasteiger partial charge in [0.05, 0.1) is 0 Å². The molecule has 1 N–H and O–H groups in total. The van der Waals surface area contributed by atoms with Crippen LogP contribution in [-0.2, 0) is 0 Å². The van der Waals surface area contributed by atoms with Crippen molar-refractivity contribution >= 4 is 16.9 Å². The predicted molar refractivity (Wildman–Crippen MR) is 72.0 cm³/mol. The molecule has 1 saturated heterocycles. The quantitative estimate of drug-likeness (QED) is 0.899. The standard InChI is InChI=1S/C15H17NO3/c1-10-12-4-2-3-5-13(12)19-14(10)15(18)16-7-6-11(8-16)9-17/h2-5,11,17H,6-9H2,1H3. The molecule has 1 aromatic carbocycles. The minimum Gasteiger partial charge on any atom is -0.451 e. The van der Waals surface area contributed by atoms with Gasteiger partial charge >= 0.3 is 0 Å². The van der Waals surface area contributed by atoms with Gasteiger partial charge in [-0.25, -0.2) is 0 Å². The molecule has 0 radical (unpaired) electrons. The number of hydrogen-bond acceptors (Lipinski definition) is 3. The number of rotatable bonds is 2. The first-order chi connectivity index (χ1) is 9.20. The number of likely N-dealkylation sites (tertiary alicyclic amines) is 1. The first kappa shape index (κ1) is 12.2. The molecule has 19 heavy (non-hydrogen) atoms. The van der Waals surface area contributed by atoms with Crippen molar-refractivity contribution in [1.29, 1.82) is 0 Å². The van der Waals surface area contributed by atoms with Crippen molar-refractivity contribution in [2.75, 3.05) is 19.7 Å². The van der Waals surface area contributed by atoms with Crippen LogP contribution in [0.1, 0.15) is 22.5 Å². The molecule has 4 nitrogen and oxygen atoms in total. The van der Waals surface area contributed by atoms with Crippen LogP contribution >= 0.6 is 0 Å². The van der Waals surface area contributed by atoms with Gasteiger partial charge in [0, 0.05) is 36.6 Å². The van der Waals surface area contributed by atoms with E-state index in [1.165, 1.54) is 0 Å². The summed E-state index contributed by atoms with van der Waals surface area (Å²) < 4.78 is 5.69. The van der Waals surface area contributed by atoms with Crippen LogP contribution in [0.3, 0.4) is 0 Å². The smallest absolute Gasteiger partial charge is 0.289 e. The van der Waals surface area contributed by atoms with Gasteiger partial charge in [0.15, 0.2) is 5.76 Å². The molecule has 1 unspecified atom stereocenters. The molecule has 1 aliphatic rings. The number of fused-ring (bicyclic) bond motifs is 1. The highest BCUT2D eigenvalue weighted by atomic mass is 16.3.